The molecule has 17 heavy (non-hydrogen) atoms. The zero-order chi connectivity index (χ0) is 13.4. The Bertz CT molecular complexity index is 573. The molecule has 4 N–H and O–H groups in total. The van der Waals surface area contributed by atoms with E-state index in [2.05, 4.69) is 0 Å². The third-order valence-corrected chi connectivity index (χ3v) is 2.81. The Balaban J connectivity index is 3.55. The highest BCUT2D eigenvalue weighted by Crippen LogP contribution is 2.40. The van der Waals surface area contributed by atoms with Crippen molar-refractivity contribution in [1.29, 1.82) is 0 Å². The minimum absolute atomic E-state index is 0.463. The van der Waals surface area contributed by atoms with Gasteiger partial charge in [0.1, 0.15) is 0 Å². The molecule has 94 valence electrons. The van der Waals surface area contributed by atoms with Crippen LogP contribution in [0, 0.1) is 0 Å². The lowest BCUT2D eigenvalue weighted by Crippen LogP contribution is -2.08. The van der Waals surface area contributed by atoms with Gasteiger partial charge in [-0.15, -0.1) is 0 Å². The summed E-state index contributed by atoms with van der Waals surface area (Å²) < 4.78 is 22.2. The van der Waals surface area contributed by atoms with E-state index in [0.29, 0.717) is 6.07 Å². The smallest absolute Gasteiger partial charge is 0.336 e. The van der Waals surface area contributed by atoms with Gasteiger partial charge in [-0.25, -0.2) is 13.2 Å². The monoisotopic (exact) mass is 262 g/mol. The van der Waals surface area contributed by atoms with Gasteiger partial charge in [-0.2, -0.15) is 0 Å². The minimum atomic E-state index is -3.60. The number of hydrogen-bond donors (Lipinski definition) is 4. The molecule has 8 heteroatoms. The maximum atomic E-state index is 11.1. The van der Waals surface area contributed by atoms with Crippen LogP contribution in [0.15, 0.2) is 6.07 Å². The number of phenols is 3. The van der Waals surface area contributed by atoms with Crippen molar-refractivity contribution in [2.24, 2.45) is 0 Å². The number of sulfone groups is 1. The quantitative estimate of drug-likeness (QED) is 0.565. The molecule has 0 aliphatic carbocycles. The molecule has 0 aliphatic heterocycles. The Hall–Kier alpha value is -1.96. The number of benzene rings is 1. The third-order valence-electron chi connectivity index (χ3n) is 2.00. The van der Waals surface area contributed by atoms with E-state index in [1.165, 1.54) is 0 Å². The first-order chi connectivity index (χ1) is 7.63. The molecule has 0 heterocycles. The van der Waals surface area contributed by atoms with E-state index < -0.39 is 49.9 Å². The molecule has 1 rings (SSSR count). The maximum absolute atomic E-state index is 11.1. The topological polar surface area (TPSA) is 132 Å². The highest BCUT2D eigenvalue weighted by Gasteiger charge is 2.23. The number of aromatic hydroxyl groups is 3. The Morgan fingerprint density at radius 3 is 2.18 bits per heavy atom. The van der Waals surface area contributed by atoms with Crippen LogP contribution in [0.3, 0.4) is 0 Å². The molecule has 0 aromatic heterocycles. The average molecular weight is 262 g/mol. The molecule has 0 unspecified atom stereocenters. The van der Waals surface area contributed by atoms with Gasteiger partial charge in [0.2, 0.25) is 5.75 Å². The summed E-state index contributed by atoms with van der Waals surface area (Å²) in [6.07, 6.45) is 0.849. The lowest BCUT2D eigenvalue weighted by atomic mass is 10.1. The standard InChI is InChI=1S/C9H10O7S/c1-17(15,16)3-5-4(9(13)14)2-6(10)8(12)7(5)11/h2,10-12H,3H2,1H3,(H,13,14). The number of carbonyl (C=O) groups is 1. The molecule has 0 radical (unpaired) electrons. The van der Waals surface area contributed by atoms with Crippen molar-refractivity contribution in [1.82, 2.24) is 0 Å². The SMILES string of the molecule is CS(=O)(=O)Cc1c(C(=O)O)cc(O)c(O)c1O. The highest BCUT2D eigenvalue weighted by molar-refractivity contribution is 7.89. The molecular weight excluding hydrogens is 252 g/mol. The zero-order valence-corrected chi connectivity index (χ0v) is 9.52. The molecule has 1 aromatic rings. The lowest BCUT2D eigenvalue weighted by Gasteiger charge is -2.10. The van der Waals surface area contributed by atoms with Gasteiger partial charge < -0.3 is 20.4 Å². The van der Waals surface area contributed by atoms with E-state index in [-0.39, 0.29) is 0 Å². The van der Waals surface area contributed by atoms with Crippen molar-refractivity contribution in [2.45, 2.75) is 5.75 Å². The third kappa shape index (κ3) is 2.78. The predicted molar refractivity (Wildman–Crippen MR) is 56.9 cm³/mol. The molecule has 1 aromatic carbocycles. The van der Waals surface area contributed by atoms with Gasteiger partial charge in [0, 0.05) is 11.8 Å². The van der Waals surface area contributed by atoms with E-state index >= 15 is 0 Å². The van der Waals surface area contributed by atoms with Gasteiger partial charge in [0.25, 0.3) is 0 Å². The first-order valence-electron chi connectivity index (χ1n) is 4.31. The van der Waals surface area contributed by atoms with E-state index in [0.717, 1.165) is 6.26 Å². The van der Waals surface area contributed by atoms with Gasteiger partial charge in [0.15, 0.2) is 21.3 Å². The Morgan fingerprint density at radius 1 is 1.24 bits per heavy atom. The van der Waals surface area contributed by atoms with E-state index in [9.17, 15) is 23.4 Å². The van der Waals surface area contributed by atoms with Crippen LogP contribution in [0.5, 0.6) is 17.2 Å². The first-order valence-corrected chi connectivity index (χ1v) is 6.37. The summed E-state index contributed by atoms with van der Waals surface area (Å²) in [5.74, 6) is -5.01. The van der Waals surface area contributed by atoms with Crippen molar-refractivity contribution in [3.8, 4) is 17.2 Å². The molecule has 7 nitrogen and oxygen atoms in total. The van der Waals surface area contributed by atoms with Crippen LogP contribution in [-0.2, 0) is 15.6 Å². The second kappa shape index (κ2) is 4.13. The number of phenolic OH excluding ortho intramolecular Hbond substituents is 3. The molecule has 0 atom stereocenters. The minimum Gasteiger partial charge on any atom is -0.504 e. The number of hydrogen-bond acceptors (Lipinski definition) is 6. The summed E-state index contributed by atoms with van der Waals surface area (Å²) in [5.41, 5.74) is -1.04. The summed E-state index contributed by atoms with van der Waals surface area (Å²) in [6.45, 7) is 0. The van der Waals surface area contributed by atoms with Crippen molar-refractivity contribution in [2.75, 3.05) is 6.26 Å². The van der Waals surface area contributed by atoms with Crippen LogP contribution in [-0.4, -0.2) is 41.1 Å². The number of carboxylic acids is 1. The molecular formula is C9H10O7S. The Labute approximate surface area is 96.5 Å². The van der Waals surface area contributed by atoms with Gasteiger partial charge in [0.05, 0.1) is 11.3 Å². The maximum Gasteiger partial charge on any atom is 0.336 e. The van der Waals surface area contributed by atoms with Crippen LogP contribution >= 0.6 is 0 Å². The molecule has 0 aliphatic rings. The summed E-state index contributed by atoms with van der Waals surface area (Å²) in [7, 11) is -3.60. The highest BCUT2D eigenvalue weighted by atomic mass is 32.2. The summed E-state index contributed by atoms with van der Waals surface area (Å²) in [6, 6.07) is 0.678. The van der Waals surface area contributed by atoms with Crippen LogP contribution in [0.4, 0.5) is 0 Å². The van der Waals surface area contributed by atoms with Gasteiger partial charge >= 0.3 is 5.97 Å². The van der Waals surface area contributed by atoms with Gasteiger partial charge in [-0.3, -0.25) is 0 Å². The predicted octanol–water partition coefficient (Wildman–Crippen LogP) is 0.0462. The van der Waals surface area contributed by atoms with Crippen LogP contribution in [0.25, 0.3) is 0 Å². The Kier molecular flexibility index (Phi) is 3.18. The second-order valence-corrected chi connectivity index (χ2v) is 5.63. The largest absolute Gasteiger partial charge is 0.504 e. The lowest BCUT2D eigenvalue weighted by molar-refractivity contribution is 0.0695. The molecule has 0 bridgehead atoms. The molecule has 0 amide bonds. The van der Waals surface area contributed by atoms with Crippen molar-refractivity contribution >= 4 is 15.8 Å². The summed E-state index contributed by atoms with van der Waals surface area (Å²) in [4.78, 5) is 10.8. The van der Waals surface area contributed by atoms with Crippen molar-refractivity contribution in [3.05, 3.63) is 17.2 Å². The molecule has 0 fully saturated rings. The van der Waals surface area contributed by atoms with Crippen molar-refractivity contribution in [3.63, 3.8) is 0 Å². The number of rotatable bonds is 3. The first kappa shape index (κ1) is 13.1. The molecule has 0 saturated heterocycles. The van der Waals surface area contributed by atoms with Gasteiger partial charge in [-0.1, -0.05) is 0 Å². The summed E-state index contributed by atoms with van der Waals surface area (Å²) >= 11 is 0. The fraction of sp³-hybridized carbons (Fsp3) is 0.222. The van der Waals surface area contributed by atoms with E-state index in [4.69, 9.17) is 10.2 Å². The van der Waals surface area contributed by atoms with Crippen LogP contribution < -0.4 is 0 Å². The molecule has 0 spiro atoms. The second-order valence-electron chi connectivity index (χ2n) is 3.49. The van der Waals surface area contributed by atoms with Crippen LogP contribution in [0.2, 0.25) is 0 Å². The van der Waals surface area contributed by atoms with E-state index in [1.807, 2.05) is 0 Å². The number of aromatic carboxylic acids is 1. The fourth-order valence-electron chi connectivity index (χ4n) is 1.28. The van der Waals surface area contributed by atoms with Crippen molar-refractivity contribution < 1.29 is 33.6 Å². The van der Waals surface area contributed by atoms with Crippen LogP contribution in [0.1, 0.15) is 15.9 Å². The zero-order valence-electron chi connectivity index (χ0n) is 8.71. The average Bonchev–Trinajstić information content (AvgIpc) is 2.16. The Morgan fingerprint density at radius 2 is 1.76 bits per heavy atom. The number of carboxylic acid groups (broad SMARTS) is 1. The van der Waals surface area contributed by atoms with Gasteiger partial charge in [-0.05, 0) is 6.07 Å². The normalized spacial score (nSPS) is 11.4. The summed E-state index contributed by atoms with van der Waals surface area (Å²) in [5, 5.41) is 36.6. The fourth-order valence-corrected chi connectivity index (χ4v) is 2.10. The molecule has 0 saturated carbocycles. The van der Waals surface area contributed by atoms with E-state index in [1.54, 1.807) is 0 Å².